The Bertz CT molecular complexity index is 116. The van der Waals surface area contributed by atoms with Crippen LogP contribution in [0.2, 0.25) is 0 Å². The second-order valence-corrected chi connectivity index (χ2v) is 1.64. The van der Waals surface area contributed by atoms with Crippen molar-refractivity contribution in [1.29, 1.82) is 0 Å². The molecule has 0 aliphatic heterocycles. The van der Waals surface area contributed by atoms with Crippen LogP contribution in [0.4, 0.5) is 0 Å². The third-order valence-corrected chi connectivity index (χ3v) is 1.09. The highest BCUT2D eigenvalue weighted by molar-refractivity contribution is 5.96. The molecule has 0 bridgehead atoms. The van der Waals surface area contributed by atoms with E-state index in [2.05, 4.69) is 11.7 Å². The quantitative estimate of drug-likeness (QED) is 0.330. The summed E-state index contributed by atoms with van der Waals surface area (Å²) in [5, 5.41) is 11.1. The fourth-order valence-electron chi connectivity index (χ4n) is 0.327. The molecule has 0 aromatic rings. The molecule has 0 saturated carbocycles. The lowest BCUT2D eigenvalue weighted by Crippen LogP contribution is -1.92. The van der Waals surface area contributed by atoms with E-state index in [1.165, 1.54) is 0 Å². The maximum atomic E-state index is 8.16. The summed E-state index contributed by atoms with van der Waals surface area (Å²) in [6, 6.07) is 0. The van der Waals surface area contributed by atoms with Gasteiger partial charge in [-0.1, -0.05) is 18.7 Å². The van der Waals surface area contributed by atoms with Crippen LogP contribution in [0, 0.1) is 0 Å². The molecule has 2 nitrogen and oxygen atoms in total. The molecule has 0 heterocycles. The summed E-state index contributed by atoms with van der Waals surface area (Å²) in [7, 11) is 0. The van der Waals surface area contributed by atoms with Crippen LogP contribution in [0.1, 0.15) is 20.3 Å². The van der Waals surface area contributed by atoms with Crippen molar-refractivity contribution in [1.82, 2.24) is 0 Å². The van der Waals surface area contributed by atoms with Crippen LogP contribution in [0.25, 0.3) is 0 Å². The maximum absolute atomic E-state index is 8.16. The van der Waals surface area contributed by atoms with E-state index in [0.717, 1.165) is 12.0 Å². The normalized spacial score (nSPS) is 11.5. The lowest BCUT2D eigenvalue weighted by atomic mass is 10.1. The molecule has 0 aliphatic rings. The minimum Gasteiger partial charge on any atom is -0.411 e. The smallest absolute Gasteiger partial charge is 0.0790 e. The van der Waals surface area contributed by atoms with E-state index in [4.69, 9.17) is 5.21 Å². The highest BCUT2D eigenvalue weighted by Gasteiger charge is 1.92. The van der Waals surface area contributed by atoms with Gasteiger partial charge in [0.1, 0.15) is 0 Å². The summed E-state index contributed by atoms with van der Waals surface area (Å²) in [6.45, 7) is 7.35. The Kier molecular flexibility index (Phi) is 2.92. The van der Waals surface area contributed by atoms with Crippen LogP contribution in [0.3, 0.4) is 0 Å². The number of hydrogen-bond acceptors (Lipinski definition) is 2. The second kappa shape index (κ2) is 3.24. The van der Waals surface area contributed by atoms with Crippen molar-refractivity contribution in [3.05, 3.63) is 12.2 Å². The van der Waals surface area contributed by atoms with Gasteiger partial charge in [-0.2, -0.15) is 0 Å². The minimum atomic E-state index is 0.618. The zero-order valence-corrected chi connectivity index (χ0v) is 5.31. The molecule has 0 amide bonds. The number of oxime groups is 1. The average Bonchev–Trinajstić information content (AvgIpc) is 1.84. The Balaban J connectivity index is 3.83. The van der Waals surface area contributed by atoms with Gasteiger partial charge in [-0.3, -0.25) is 0 Å². The fraction of sp³-hybridized carbons (Fsp3) is 0.500. The maximum Gasteiger partial charge on any atom is 0.0790 e. The zero-order valence-electron chi connectivity index (χ0n) is 5.31. The van der Waals surface area contributed by atoms with Gasteiger partial charge in [0.05, 0.1) is 5.71 Å². The summed E-state index contributed by atoms with van der Waals surface area (Å²) < 4.78 is 0. The van der Waals surface area contributed by atoms with Crippen molar-refractivity contribution in [2.24, 2.45) is 5.16 Å². The van der Waals surface area contributed by atoms with Crippen LogP contribution in [0.15, 0.2) is 17.3 Å². The Labute approximate surface area is 49.5 Å². The van der Waals surface area contributed by atoms with Gasteiger partial charge in [0, 0.05) is 0 Å². The van der Waals surface area contributed by atoms with Gasteiger partial charge in [-0.15, -0.1) is 0 Å². The molecule has 0 saturated heterocycles. The molecule has 0 spiro atoms. The van der Waals surface area contributed by atoms with Crippen LogP contribution >= 0.6 is 0 Å². The highest BCUT2D eigenvalue weighted by atomic mass is 16.4. The van der Waals surface area contributed by atoms with Gasteiger partial charge in [0.25, 0.3) is 0 Å². The van der Waals surface area contributed by atoms with Crippen molar-refractivity contribution < 1.29 is 5.21 Å². The summed E-state index contributed by atoms with van der Waals surface area (Å²) in [6.07, 6.45) is 0.843. The van der Waals surface area contributed by atoms with Crippen molar-refractivity contribution in [2.75, 3.05) is 0 Å². The molecule has 0 unspecified atom stereocenters. The predicted molar refractivity (Wildman–Crippen MR) is 34.3 cm³/mol. The standard InChI is InChI=1S/C6H11NO/c1-4-5(2)6(3)7-8/h8H,2,4H2,1,3H3/b7-6+. The predicted octanol–water partition coefficient (Wildman–Crippen LogP) is 1.80. The van der Waals surface area contributed by atoms with Crippen LogP contribution in [-0.4, -0.2) is 10.9 Å². The van der Waals surface area contributed by atoms with Crippen LogP contribution in [-0.2, 0) is 0 Å². The lowest BCUT2D eigenvalue weighted by molar-refractivity contribution is 0.319. The van der Waals surface area contributed by atoms with E-state index in [1.54, 1.807) is 6.92 Å². The molecule has 0 atom stereocenters. The first-order chi connectivity index (χ1) is 3.72. The average molecular weight is 113 g/mol. The van der Waals surface area contributed by atoms with E-state index in [1.807, 2.05) is 6.92 Å². The summed E-state index contributed by atoms with van der Waals surface area (Å²) in [4.78, 5) is 0. The Hall–Kier alpha value is -0.790. The monoisotopic (exact) mass is 113 g/mol. The third-order valence-electron chi connectivity index (χ3n) is 1.09. The first-order valence-corrected chi connectivity index (χ1v) is 2.59. The first-order valence-electron chi connectivity index (χ1n) is 2.59. The van der Waals surface area contributed by atoms with E-state index < -0.39 is 0 Å². The fourth-order valence-corrected chi connectivity index (χ4v) is 0.327. The highest BCUT2D eigenvalue weighted by Crippen LogP contribution is 1.97. The van der Waals surface area contributed by atoms with E-state index >= 15 is 0 Å². The molecule has 0 fully saturated rings. The molecule has 8 heavy (non-hydrogen) atoms. The van der Waals surface area contributed by atoms with Crippen LogP contribution in [0.5, 0.6) is 0 Å². The zero-order chi connectivity index (χ0) is 6.57. The molecule has 2 heteroatoms. The van der Waals surface area contributed by atoms with Crippen LogP contribution < -0.4 is 0 Å². The minimum absolute atomic E-state index is 0.618. The van der Waals surface area contributed by atoms with Gasteiger partial charge < -0.3 is 5.21 Å². The molecular weight excluding hydrogens is 102 g/mol. The number of allylic oxidation sites excluding steroid dienone is 1. The molecule has 1 N–H and O–H groups in total. The number of nitrogens with zero attached hydrogens (tertiary/aromatic N) is 1. The molecular formula is C6H11NO. The largest absolute Gasteiger partial charge is 0.411 e. The van der Waals surface area contributed by atoms with E-state index in [-0.39, 0.29) is 0 Å². The Morgan fingerprint density at radius 1 is 1.75 bits per heavy atom. The topological polar surface area (TPSA) is 32.6 Å². The van der Waals surface area contributed by atoms with Gasteiger partial charge >= 0.3 is 0 Å². The first kappa shape index (κ1) is 7.21. The summed E-state index contributed by atoms with van der Waals surface area (Å²) in [5.41, 5.74) is 1.50. The molecule has 46 valence electrons. The third kappa shape index (κ3) is 1.78. The molecule has 0 aromatic heterocycles. The van der Waals surface area contributed by atoms with Crippen molar-refractivity contribution in [3.8, 4) is 0 Å². The van der Waals surface area contributed by atoms with Crippen molar-refractivity contribution in [2.45, 2.75) is 20.3 Å². The van der Waals surface area contributed by atoms with E-state index in [0.29, 0.717) is 5.71 Å². The van der Waals surface area contributed by atoms with Gasteiger partial charge in [0.2, 0.25) is 0 Å². The lowest BCUT2D eigenvalue weighted by Gasteiger charge is -1.94. The van der Waals surface area contributed by atoms with Crippen molar-refractivity contribution in [3.63, 3.8) is 0 Å². The van der Waals surface area contributed by atoms with Crippen molar-refractivity contribution >= 4 is 5.71 Å². The SMILES string of the molecule is C=C(CC)/C(C)=N/O. The number of hydrogen-bond donors (Lipinski definition) is 1. The Morgan fingerprint density at radius 2 is 2.25 bits per heavy atom. The summed E-state index contributed by atoms with van der Waals surface area (Å²) in [5.74, 6) is 0. The van der Waals surface area contributed by atoms with E-state index in [9.17, 15) is 0 Å². The summed E-state index contributed by atoms with van der Waals surface area (Å²) >= 11 is 0. The molecule has 0 radical (unpaired) electrons. The second-order valence-electron chi connectivity index (χ2n) is 1.64. The van der Waals surface area contributed by atoms with Gasteiger partial charge in [0.15, 0.2) is 0 Å². The molecule has 0 aromatic carbocycles. The number of rotatable bonds is 2. The molecule has 0 rings (SSSR count). The van der Waals surface area contributed by atoms with Gasteiger partial charge in [-0.05, 0) is 18.9 Å². The Morgan fingerprint density at radius 3 is 2.38 bits per heavy atom. The van der Waals surface area contributed by atoms with Gasteiger partial charge in [-0.25, -0.2) is 0 Å². The molecule has 0 aliphatic carbocycles.